The van der Waals surface area contributed by atoms with E-state index in [9.17, 15) is 19.5 Å². The zero-order chi connectivity index (χ0) is 35.3. The van der Waals surface area contributed by atoms with Gasteiger partial charge in [-0.15, -0.1) is 0 Å². The summed E-state index contributed by atoms with van der Waals surface area (Å²) < 4.78 is 5.74. The van der Waals surface area contributed by atoms with E-state index in [0.29, 0.717) is 38.6 Å². The van der Waals surface area contributed by atoms with E-state index < -0.39 is 18.1 Å². The predicted molar refractivity (Wildman–Crippen MR) is 201 cm³/mol. The van der Waals surface area contributed by atoms with Gasteiger partial charge in [-0.1, -0.05) is 105 Å². The lowest BCUT2D eigenvalue weighted by molar-refractivity contribution is -0.145. The number of carbonyl (C=O) groups excluding carboxylic acids is 2. The molecule has 1 amide bonds. The zero-order valence-corrected chi connectivity index (χ0v) is 29.8. The highest BCUT2D eigenvalue weighted by molar-refractivity contribution is 5.83. The second-order valence-corrected chi connectivity index (χ2v) is 11.5. The number of amides is 1. The van der Waals surface area contributed by atoms with E-state index in [2.05, 4.69) is 92.1 Å². The minimum Gasteiger partial charge on any atom is -0.480 e. The maximum atomic E-state index is 12.5. The summed E-state index contributed by atoms with van der Waals surface area (Å²) in [6, 6.07) is -0.882. The zero-order valence-electron chi connectivity index (χ0n) is 29.8. The number of nitrogens with two attached hydrogens (primary N) is 1. The van der Waals surface area contributed by atoms with Crippen LogP contribution in [-0.2, 0) is 19.1 Å². The number of carboxylic acid groups (broad SMARTS) is 1. The Balaban J connectivity index is 4.38. The van der Waals surface area contributed by atoms with Crippen molar-refractivity contribution in [3.8, 4) is 0 Å². The fraction of sp³-hybridized carbons (Fsp3) is 0.537. The van der Waals surface area contributed by atoms with Crippen molar-refractivity contribution in [1.29, 1.82) is 0 Å². The predicted octanol–water partition coefficient (Wildman–Crippen LogP) is 9.55. The van der Waals surface area contributed by atoms with Gasteiger partial charge in [-0.05, 0) is 109 Å². The molecule has 2 unspecified atom stereocenters. The Labute approximate surface area is 291 Å². The quantitative estimate of drug-likeness (QED) is 0.0400. The van der Waals surface area contributed by atoms with E-state index in [1.54, 1.807) is 0 Å². The molecule has 0 spiro atoms. The Morgan fingerprint density at radius 3 is 1.71 bits per heavy atom. The Morgan fingerprint density at radius 1 is 0.625 bits per heavy atom. The molecule has 2 atom stereocenters. The van der Waals surface area contributed by atoms with Crippen LogP contribution >= 0.6 is 0 Å². The molecule has 4 N–H and O–H groups in total. The Hall–Kier alpha value is -3.71. The van der Waals surface area contributed by atoms with Gasteiger partial charge in [-0.3, -0.25) is 9.59 Å². The molecule has 0 aliphatic carbocycles. The first-order valence-corrected chi connectivity index (χ1v) is 18.1. The molecule has 7 nitrogen and oxygen atoms in total. The highest BCUT2D eigenvalue weighted by Crippen LogP contribution is 2.09. The molecule has 0 aromatic heterocycles. The van der Waals surface area contributed by atoms with Crippen molar-refractivity contribution < 1.29 is 24.2 Å². The number of unbranched alkanes of at least 4 members (excludes halogenated alkanes) is 4. The number of hydrogen-bond acceptors (Lipinski definition) is 5. The van der Waals surface area contributed by atoms with Crippen LogP contribution in [0.2, 0.25) is 0 Å². The molecular formula is C41H64N2O5. The molecule has 0 aliphatic heterocycles. The number of aliphatic carboxylic acids is 1. The molecule has 7 heteroatoms. The largest absolute Gasteiger partial charge is 0.480 e. The van der Waals surface area contributed by atoms with E-state index in [-0.39, 0.29) is 11.9 Å². The Bertz CT molecular complexity index is 1060. The maximum absolute atomic E-state index is 12.5. The molecule has 0 heterocycles. The standard InChI is InChI=1S/C41H64N2O5/c1-3-5-7-9-10-11-12-13-14-15-16-17-18-19-20-25-29-35-40(45)48-37(31-26-22-8-6-4-2)32-27-23-21-24-28-34-39(44)43-38(41(46)47)33-30-36-42/h5-8,10-11,13-14,16-17,19-20,26-27,31-32,37-38H,3-4,9,12,15,18,21-25,28-30,33-36,42H2,1-2H3,(H,43,44)(H,46,47)/b7-5-,8-6-,11-10-,14-13-,17-16-,20-19-,31-26-,32-27-. The number of hydrogen-bond donors (Lipinski definition) is 3. The molecule has 0 aromatic carbocycles. The van der Waals surface area contributed by atoms with Crippen LogP contribution in [0.25, 0.3) is 0 Å². The van der Waals surface area contributed by atoms with Crippen molar-refractivity contribution in [3.63, 3.8) is 0 Å². The highest BCUT2D eigenvalue weighted by atomic mass is 16.5. The maximum Gasteiger partial charge on any atom is 0.326 e. The van der Waals surface area contributed by atoms with Crippen molar-refractivity contribution in [1.82, 2.24) is 5.32 Å². The van der Waals surface area contributed by atoms with Crippen LogP contribution in [0.4, 0.5) is 0 Å². The second kappa shape index (κ2) is 34.6. The van der Waals surface area contributed by atoms with Crippen LogP contribution in [0.1, 0.15) is 123 Å². The number of carbonyl (C=O) groups is 3. The molecule has 0 saturated carbocycles. The molecule has 48 heavy (non-hydrogen) atoms. The summed E-state index contributed by atoms with van der Waals surface area (Å²) in [6.45, 7) is 4.63. The first kappa shape index (κ1) is 44.3. The molecule has 0 radical (unpaired) electrons. The van der Waals surface area contributed by atoms with Crippen molar-refractivity contribution in [2.24, 2.45) is 5.73 Å². The van der Waals surface area contributed by atoms with Crippen molar-refractivity contribution in [2.45, 2.75) is 135 Å². The Kier molecular flexibility index (Phi) is 31.9. The summed E-state index contributed by atoms with van der Waals surface area (Å²) in [5.74, 6) is -1.48. The highest BCUT2D eigenvalue weighted by Gasteiger charge is 2.18. The molecule has 0 fully saturated rings. The molecule has 0 aliphatic rings. The van der Waals surface area contributed by atoms with E-state index in [4.69, 9.17) is 10.5 Å². The fourth-order valence-electron chi connectivity index (χ4n) is 4.44. The normalized spacial score (nSPS) is 13.9. The lowest BCUT2D eigenvalue weighted by Gasteiger charge is -2.13. The monoisotopic (exact) mass is 664 g/mol. The van der Waals surface area contributed by atoms with Gasteiger partial charge in [0.05, 0.1) is 0 Å². The number of allylic oxidation sites excluding steroid dienone is 14. The number of carboxylic acids is 1. The van der Waals surface area contributed by atoms with E-state index in [0.717, 1.165) is 77.0 Å². The molecule has 0 bridgehead atoms. The molecule has 0 aromatic rings. The topological polar surface area (TPSA) is 119 Å². The third kappa shape index (κ3) is 30.9. The van der Waals surface area contributed by atoms with Gasteiger partial charge in [0, 0.05) is 12.8 Å². The van der Waals surface area contributed by atoms with Gasteiger partial charge >= 0.3 is 11.9 Å². The van der Waals surface area contributed by atoms with Gasteiger partial charge in [-0.2, -0.15) is 0 Å². The number of nitrogens with one attached hydrogen (secondary N) is 1. The first-order valence-electron chi connectivity index (χ1n) is 18.1. The average Bonchev–Trinajstić information content (AvgIpc) is 3.07. The molecular weight excluding hydrogens is 600 g/mol. The molecule has 268 valence electrons. The van der Waals surface area contributed by atoms with Gasteiger partial charge < -0.3 is 20.9 Å². The van der Waals surface area contributed by atoms with Crippen LogP contribution < -0.4 is 11.1 Å². The molecule has 0 rings (SSSR count). The SMILES string of the molecule is CC/C=C\C/C=C\C/C=C\C/C=C\C/C=C\CCCC(=O)OC(/C=C\C/C=C\CC)/C=C\CCCCCC(=O)NC(CCCN)C(=O)O. The Morgan fingerprint density at radius 2 is 1.15 bits per heavy atom. The second-order valence-electron chi connectivity index (χ2n) is 11.5. The summed E-state index contributed by atoms with van der Waals surface area (Å²) in [5.41, 5.74) is 5.45. The summed E-state index contributed by atoms with van der Waals surface area (Å²) in [5, 5.41) is 11.8. The minimum atomic E-state index is -1.03. The van der Waals surface area contributed by atoms with Gasteiger partial charge in [-0.25, -0.2) is 4.79 Å². The third-order valence-electron chi connectivity index (χ3n) is 7.11. The summed E-state index contributed by atoms with van der Waals surface area (Å²) in [4.78, 5) is 35.9. The smallest absolute Gasteiger partial charge is 0.326 e. The van der Waals surface area contributed by atoms with Crippen molar-refractivity contribution in [2.75, 3.05) is 6.54 Å². The number of ether oxygens (including phenoxy) is 1. The summed E-state index contributed by atoms with van der Waals surface area (Å²) in [6.07, 6.45) is 46.5. The first-order chi connectivity index (χ1) is 23.4. The van der Waals surface area contributed by atoms with Crippen LogP contribution in [-0.4, -0.2) is 41.6 Å². The van der Waals surface area contributed by atoms with E-state index in [1.165, 1.54) is 0 Å². The van der Waals surface area contributed by atoms with Gasteiger partial charge in [0.25, 0.3) is 0 Å². The fourth-order valence-corrected chi connectivity index (χ4v) is 4.44. The van der Waals surface area contributed by atoms with Crippen molar-refractivity contribution in [3.05, 3.63) is 97.2 Å². The molecule has 0 saturated heterocycles. The number of rotatable bonds is 30. The summed E-state index contributed by atoms with van der Waals surface area (Å²) in [7, 11) is 0. The third-order valence-corrected chi connectivity index (χ3v) is 7.11. The minimum absolute atomic E-state index is 0.206. The summed E-state index contributed by atoms with van der Waals surface area (Å²) >= 11 is 0. The van der Waals surface area contributed by atoms with Gasteiger partial charge in [0.15, 0.2) is 0 Å². The lowest BCUT2D eigenvalue weighted by atomic mass is 10.1. The van der Waals surface area contributed by atoms with Gasteiger partial charge in [0.2, 0.25) is 5.91 Å². The van der Waals surface area contributed by atoms with Crippen LogP contribution in [0.15, 0.2) is 97.2 Å². The van der Waals surface area contributed by atoms with E-state index in [1.807, 2.05) is 24.3 Å². The lowest BCUT2D eigenvalue weighted by Crippen LogP contribution is -2.40. The van der Waals surface area contributed by atoms with Crippen LogP contribution in [0.5, 0.6) is 0 Å². The number of esters is 1. The van der Waals surface area contributed by atoms with Crippen molar-refractivity contribution >= 4 is 17.8 Å². The van der Waals surface area contributed by atoms with Crippen LogP contribution in [0.3, 0.4) is 0 Å². The average molecular weight is 665 g/mol. The van der Waals surface area contributed by atoms with Crippen LogP contribution in [0, 0.1) is 0 Å². The van der Waals surface area contributed by atoms with Gasteiger partial charge in [0.1, 0.15) is 12.1 Å². The van der Waals surface area contributed by atoms with E-state index >= 15 is 0 Å².